The number of aliphatic carboxylic acids is 2. The number of halogens is 9. The molecule has 2 N–H and O–H groups in total. The summed E-state index contributed by atoms with van der Waals surface area (Å²) in [4.78, 5) is 18.0. The molecule has 5 aromatic carbocycles. The number of carbonyl (C=O) groups is 2. The van der Waals surface area contributed by atoms with E-state index in [2.05, 4.69) is 156 Å². The van der Waals surface area contributed by atoms with Gasteiger partial charge in [0.15, 0.2) is 7.14 Å². The zero-order valence-corrected chi connectivity index (χ0v) is 48.0. The second kappa shape index (κ2) is 30.0. The van der Waals surface area contributed by atoms with Gasteiger partial charge in [0.25, 0.3) is 11.9 Å². The zero-order valence-electron chi connectivity index (χ0n) is 29.8. The third-order valence-electron chi connectivity index (χ3n) is 6.62. The number of carboxylic acid groups (broad SMARTS) is 2. The minimum absolute atomic E-state index is 0. The van der Waals surface area contributed by atoms with Crippen LogP contribution in [0, 0.1) is 9.65 Å². The van der Waals surface area contributed by atoms with Gasteiger partial charge in [-0.1, -0.05) is 87.8 Å². The molecule has 0 saturated carbocycles. The van der Waals surface area contributed by atoms with Crippen molar-refractivity contribution >= 4 is 198 Å². The summed E-state index contributed by atoms with van der Waals surface area (Å²) in [5.41, 5.74) is 0. The third-order valence-corrected chi connectivity index (χ3v) is 21.4. The molecule has 0 amide bonds. The molecule has 0 aliphatic heterocycles. The summed E-state index contributed by atoms with van der Waals surface area (Å²) in [6.45, 7) is 2.17. The molecule has 6 rings (SSSR count). The molecule has 1 atom stereocenters. The molecule has 18 heteroatoms. The monoisotopic (exact) mass is 1550 g/mol. The fourth-order valence-electron chi connectivity index (χ4n) is 4.36. The van der Waals surface area contributed by atoms with Gasteiger partial charge in [0, 0.05) is 82.0 Å². The SMILES string of the molecule is Brc1cccc(Br)c1I.C.CC(=O)O.CC(=O)O.O=P(c1ccccc1Br)(c1ccccc1Br)c1c(Br)cccc1Br.O=[P+](C1=CC=C[C+]=C1Br)c1ccccc1Br.[2HH].[Pd]. The molecular formula is C41H35Br8IO6P2Pd+2. The van der Waals surface area contributed by atoms with Gasteiger partial charge in [0.1, 0.15) is 12.2 Å². The Morgan fingerprint density at radius 1 is 0.627 bits per heavy atom. The van der Waals surface area contributed by atoms with Crippen molar-refractivity contribution in [2.24, 2.45) is 0 Å². The van der Waals surface area contributed by atoms with Crippen LogP contribution >= 0.6 is 165 Å². The average molecular weight is 1560 g/mol. The van der Waals surface area contributed by atoms with Crippen LogP contribution in [0.4, 0.5) is 0 Å². The van der Waals surface area contributed by atoms with E-state index in [1.54, 1.807) is 6.08 Å². The van der Waals surface area contributed by atoms with E-state index < -0.39 is 26.9 Å². The second-order valence-corrected chi connectivity index (χ2v) is 22.8. The first-order valence-electron chi connectivity index (χ1n) is 15.8. The standard InChI is InChI=1S/C18H11Br4OP.C12H7Br2OP.C6H3Br2I.2C2H4O2.CH4.Pd.H2/c19-12-6-1-3-10-16(12)24(23,17-11-4-2-7-13(17)20)18-14(21)8-5-9-15(18)22;13-9-5-1-3-7-11(9)16(15)12-8-4-2-6-10(12)14;7-4-2-1-3-5(8)6(4)9;2*1-2(3)4;;;/h1-11H;1-5,7-8H;1-3H;2*1H3,(H,3,4);1H4;;1H/q;+2;;;;;;/i;;;;;;;1+1. The Labute approximate surface area is 442 Å². The second-order valence-electron chi connectivity index (χ2n) is 10.8. The maximum absolute atomic E-state index is 14.6. The first kappa shape index (κ1) is 58.7. The Balaban J connectivity index is 0. The molecule has 59 heavy (non-hydrogen) atoms. The van der Waals surface area contributed by atoms with Crippen molar-refractivity contribution in [2.75, 3.05) is 0 Å². The van der Waals surface area contributed by atoms with Crippen LogP contribution in [0.5, 0.6) is 0 Å². The van der Waals surface area contributed by atoms with Crippen molar-refractivity contribution < 1.29 is 50.8 Å². The summed E-state index contributed by atoms with van der Waals surface area (Å²) in [5, 5.41) is 18.7. The van der Waals surface area contributed by atoms with Gasteiger partial charge in [-0.3, -0.25) is 9.59 Å². The van der Waals surface area contributed by atoms with Gasteiger partial charge in [-0.05, 0) is 183 Å². The van der Waals surface area contributed by atoms with Crippen LogP contribution < -0.4 is 21.2 Å². The fraction of sp³-hybridized carbons (Fsp3) is 0.0732. The maximum Gasteiger partial charge on any atom is 0.477 e. The van der Waals surface area contributed by atoms with E-state index in [0.29, 0.717) is 0 Å². The first-order chi connectivity index (χ1) is 26.8. The van der Waals surface area contributed by atoms with Crippen LogP contribution in [0.3, 0.4) is 0 Å². The summed E-state index contributed by atoms with van der Waals surface area (Å²) in [7, 11) is -4.70. The molecule has 0 radical (unpaired) electrons. The third kappa shape index (κ3) is 18.8. The summed E-state index contributed by atoms with van der Waals surface area (Å²) in [5.74, 6) is -1.67. The number of hydrogen-bond acceptors (Lipinski definition) is 4. The Hall–Kier alpha value is -0.268. The Bertz CT molecular complexity index is 2270. The van der Waals surface area contributed by atoms with Crippen LogP contribution in [0.2, 0.25) is 0 Å². The van der Waals surface area contributed by atoms with Gasteiger partial charge < -0.3 is 14.8 Å². The van der Waals surface area contributed by atoms with Gasteiger partial charge in [-0.15, -0.1) is 0 Å². The zero-order chi connectivity index (χ0) is 42.9. The van der Waals surface area contributed by atoms with E-state index in [-0.39, 0.29) is 29.3 Å². The quantitative estimate of drug-likeness (QED) is 0.0597. The molecular weight excluding hydrogens is 1520 g/mol. The van der Waals surface area contributed by atoms with Gasteiger partial charge in [0.05, 0.1) is 16.6 Å². The summed E-state index contributed by atoms with van der Waals surface area (Å²) >= 11 is 30.2. The predicted molar refractivity (Wildman–Crippen MR) is 281 cm³/mol. The first-order valence-corrected chi connectivity index (χ1v) is 26.1. The van der Waals surface area contributed by atoms with Crippen LogP contribution in [-0.2, 0) is 39.1 Å². The summed E-state index contributed by atoms with van der Waals surface area (Å²) < 4.78 is 35.3. The van der Waals surface area contributed by atoms with Crippen molar-refractivity contribution in [3.8, 4) is 0 Å². The van der Waals surface area contributed by atoms with E-state index >= 15 is 0 Å². The van der Waals surface area contributed by atoms with Crippen molar-refractivity contribution in [3.05, 3.63) is 178 Å². The average Bonchev–Trinajstić information content (AvgIpc) is 3.14. The van der Waals surface area contributed by atoms with Crippen molar-refractivity contribution in [1.29, 1.82) is 0 Å². The number of benzene rings is 5. The molecule has 316 valence electrons. The minimum atomic E-state index is -3.11. The van der Waals surface area contributed by atoms with E-state index in [1.807, 2.05) is 121 Å². The summed E-state index contributed by atoms with van der Waals surface area (Å²) in [6, 6.07) is 34.7. The molecule has 1 aliphatic rings. The number of hydrogen-bond donors (Lipinski definition) is 2. The minimum Gasteiger partial charge on any atom is -0.481 e. The van der Waals surface area contributed by atoms with E-state index in [0.717, 1.165) is 76.2 Å². The summed E-state index contributed by atoms with van der Waals surface area (Å²) in [6.07, 6.45) is 8.46. The molecule has 5 aromatic rings. The molecule has 0 bridgehead atoms. The molecule has 6 nitrogen and oxygen atoms in total. The van der Waals surface area contributed by atoms with Crippen LogP contribution in [0.25, 0.3) is 0 Å². The molecule has 0 fully saturated rings. The van der Waals surface area contributed by atoms with E-state index in [1.165, 1.54) is 3.57 Å². The van der Waals surface area contributed by atoms with E-state index in [9.17, 15) is 9.13 Å². The van der Waals surface area contributed by atoms with Crippen LogP contribution in [-0.4, -0.2) is 22.2 Å². The Morgan fingerprint density at radius 3 is 1.36 bits per heavy atom. The number of allylic oxidation sites excluding steroid dienone is 6. The van der Waals surface area contributed by atoms with Crippen molar-refractivity contribution in [3.63, 3.8) is 0 Å². The maximum atomic E-state index is 14.6. The fourth-order valence-corrected chi connectivity index (χ4v) is 15.8. The molecule has 0 spiro atoms. The van der Waals surface area contributed by atoms with Crippen LogP contribution in [0.15, 0.2) is 169 Å². The van der Waals surface area contributed by atoms with Gasteiger partial charge in [0.2, 0.25) is 9.79 Å². The smallest absolute Gasteiger partial charge is 0.477 e. The molecule has 0 heterocycles. The normalized spacial score (nSPS) is 11.1. The Kier molecular flexibility index (Phi) is 29.8. The largest absolute Gasteiger partial charge is 0.481 e. The molecule has 0 saturated heterocycles. The van der Waals surface area contributed by atoms with Crippen LogP contribution in [0.1, 0.15) is 22.7 Å². The van der Waals surface area contributed by atoms with Gasteiger partial charge in [-0.2, -0.15) is 0 Å². The molecule has 1 unspecified atom stereocenters. The molecule has 0 aromatic heterocycles. The van der Waals surface area contributed by atoms with Gasteiger partial charge >= 0.3 is 13.1 Å². The number of rotatable bonds is 5. The van der Waals surface area contributed by atoms with Gasteiger partial charge in [-0.25, -0.2) is 0 Å². The van der Waals surface area contributed by atoms with E-state index in [4.69, 9.17) is 19.8 Å². The number of carboxylic acids is 2. The molecule has 1 aliphatic carbocycles. The van der Waals surface area contributed by atoms with Crippen molar-refractivity contribution in [2.45, 2.75) is 21.3 Å². The Morgan fingerprint density at radius 2 is 0.983 bits per heavy atom. The van der Waals surface area contributed by atoms with Crippen molar-refractivity contribution in [1.82, 2.24) is 0 Å². The topological polar surface area (TPSA) is 109 Å². The predicted octanol–water partition coefficient (Wildman–Crippen LogP) is 15.7.